The van der Waals surface area contributed by atoms with Crippen LogP contribution in [0.1, 0.15) is 31.5 Å². The summed E-state index contributed by atoms with van der Waals surface area (Å²) in [6.45, 7) is 3.41. The van der Waals surface area contributed by atoms with Crippen molar-refractivity contribution in [2.45, 2.75) is 13.8 Å². The summed E-state index contributed by atoms with van der Waals surface area (Å²) in [6, 6.07) is 6.72. The number of ether oxygens (including phenoxy) is 1. The van der Waals surface area contributed by atoms with Crippen molar-refractivity contribution in [1.29, 1.82) is 0 Å². The molecule has 3 aromatic rings. The van der Waals surface area contributed by atoms with Gasteiger partial charge in [0, 0.05) is 11.1 Å². The van der Waals surface area contributed by atoms with Gasteiger partial charge < -0.3 is 9.26 Å². The first kappa shape index (κ1) is 16.8. The number of hydrogen-bond donors (Lipinski definition) is 1. The lowest BCUT2D eigenvalue weighted by atomic mass is 10.1. The summed E-state index contributed by atoms with van der Waals surface area (Å²) in [7, 11) is 1.30. The van der Waals surface area contributed by atoms with Gasteiger partial charge >= 0.3 is 5.97 Å². The molecule has 1 N–H and O–H groups in total. The second kappa shape index (κ2) is 6.81. The van der Waals surface area contributed by atoms with E-state index in [2.05, 4.69) is 25.2 Å². The first-order valence-corrected chi connectivity index (χ1v) is 8.07. The molecule has 1 aromatic carbocycles. The van der Waals surface area contributed by atoms with Crippen LogP contribution in [0.15, 0.2) is 28.8 Å². The van der Waals surface area contributed by atoms with Crippen LogP contribution in [-0.4, -0.2) is 34.1 Å². The number of anilines is 1. The van der Waals surface area contributed by atoms with Crippen LogP contribution in [0, 0.1) is 13.8 Å². The molecule has 128 valence electrons. The highest BCUT2D eigenvalue weighted by Gasteiger charge is 2.17. The van der Waals surface area contributed by atoms with E-state index in [0.29, 0.717) is 33.0 Å². The number of nitrogens with zero attached hydrogens (tertiary/aromatic N) is 3. The van der Waals surface area contributed by atoms with Gasteiger partial charge in [-0.15, -0.1) is 0 Å². The normalized spacial score (nSPS) is 10.5. The summed E-state index contributed by atoms with van der Waals surface area (Å²) >= 11 is 1.07. The van der Waals surface area contributed by atoms with E-state index in [1.165, 1.54) is 7.11 Å². The summed E-state index contributed by atoms with van der Waals surface area (Å²) in [5.74, 6) is 0.119. The van der Waals surface area contributed by atoms with Crippen molar-refractivity contribution in [3.63, 3.8) is 0 Å². The minimum Gasteiger partial charge on any atom is -0.465 e. The number of aromatic nitrogens is 3. The number of thiazole rings is 1. The fourth-order valence-electron chi connectivity index (χ4n) is 2.08. The van der Waals surface area contributed by atoms with Gasteiger partial charge in [0.25, 0.3) is 11.8 Å². The van der Waals surface area contributed by atoms with Crippen molar-refractivity contribution in [3.8, 4) is 11.5 Å². The zero-order chi connectivity index (χ0) is 18.0. The molecule has 2 aromatic heterocycles. The Labute approximate surface area is 146 Å². The fraction of sp³-hybridized carbons (Fsp3) is 0.188. The molecule has 0 radical (unpaired) electrons. The fourth-order valence-corrected chi connectivity index (χ4v) is 2.96. The Balaban J connectivity index is 1.74. The van der Waals surface area contributed by atoms with Crippen LogP contribution in [0.2, 0.25) is 0 Å². The standard InChI is InChI=1S/C16H14N4O4S/c1-8-12(15(22)23-3)25-16(17-8)19-13(21)10-4-6-11(7-5-10)14-18-9(2)20-24-14/h4-7H,1-3H3,(H,17,19,21). The number of aryl methyl sites for hydroxylation is 2. The van der Waals surface area contributed by atoms with Gasteiger partial charge in [-0.2, -0.15) is 4.98 Å². The largest absolute Gasteiger partial charge is 0.465 e. The third-order valence-electron chi connectivity index (χ3n) is 3.31. The third kappa shape index (κ3) is 3.56. The van der Waals surface area contributed by atoms with Crippen molar-refractivity contribution in [2.75, 3.05) is 12.4 Å². The number of amides is 1. The van der Waals surface area contributed by atoms with E-state index in [-0.39, 0.29) is 5.91 Å². The Bertz CT molecular complexity index is 930. The molecule has 2 heterocycles. The molecule has 0 aliphatic carbocycles. The number of benzene rings is 1. The van der Waals surface area contributed by atoms with Gasteiger partial charge in [0.2, 0.25) is 0 Å². The molecule has 8 nitrogen and oxygen atoms in total. The summed E-state index contributed by atoms with van der Waals surface area (Å²) in [5, 5.41) is 6.73. The third-order valence-corrected chi connectivity index (χ3v) is 4.36. The number of nitrogens with one attached hydrogen (secondary N) is 1. The lowest BCUT2D eigenvalue weighted by molar-refractivity contribution is 0.0605. The Kier molecular flexibility index (Phi) is 4.57. The van der Waals surface area contributed by atoms with Gasteiger partial charge in [0.15, 0.2) is 11.0 Å². The van der Waals surface area contributed by atoms with Gasteiger partial charge in [-0.3, -0.25) is 10.1 Å². The molecule has 25 heavy (non-hydrogen) atoms. The van der Waals surface area contributed by atoms with E-state index in [1.54, 1.807) is 38.1 Å². The van der Waals surface area contributed by atoms with Crippen LogP contribution in [0.25, 0.3) is 11.5 Å². The van der Waals surface area contributed by atoms with Crippen LogP contribution in [0.5, 0.6) is 0 Å². The van der Waals surface area contributed by atoms with Gasteiger partial charge in [-0.05, 0) is 38.1 Å². The lowest BCUT2D eigenvalue weighted by Crippen LogP contribution is -2.11. The van der Waals surface area contributed by atoms with Crippen molar-refractivity contribution >= 4 is 28.3 Å². The van der Waals surface area contributed by atoms with Crippen molar-refractivity contribution in [3.05, 3.63) is 46.2 Å². The Morgan fingerprint density at radius 3 is 2.48 bits per heavy atom. The van der Waals surface area contributed by atoms with E-state index in [1.807, 2.05) is 0 Å². The van der Waals surface area contributed by atoms with E-state index in [9.17, 15) is 9.59 Å². The molecular weight excluding hydrogens is 344 g/mol. The maximum atomic E-state index is 12.3. The maximum absolute atomic E-state index is 12.3. The Morgan fingerprint density at radius 1 is 1.16 bits per heavy atom. The number of methoxy groups -OCH3 is 1. The Morgan fingerprint density at radius 2 is 1.88 bits per heavy atom. The van der Waals surface area contributed by atoms with Crippen molar-refractivity contribution in [1.82, 2.24) is 15.1 Å². The van der Waals surface area contributed by atoms with Gasteiger partial charge in [-0.1, -0.05) is 16.5 Å². The number of carbonyl (C=O) groups is 2. The molecule has 0 aliphatic heterocycles. The lowest BCUT2D eigenvalue weighted by Gasteiger charge is -2.02. The maximum Gasteiger partial charge on any atom is 0.350 e. The highest BCUT2D eigenvalue weighted by atomic mass is 32.1. The molecule has 0 atom stereocenters. The molecule has 3 rings (SSSR count). The zero-order valence-electron chi connectivity index (χ0n) is 13.7. The molecule has 9 heteroatoms. The minimum atomic E-state index is -0.477. The summed E-state index contributed by atoms with van der Waals surface area (Å²) in [5.41, 5.74) is 1.66. The molecular formula is C16H14N4O4S. The smallest absolute Gasteiger partial charge is 0.350 e. The average Bonchev–Trinajstić information content (AvgIpc) is 3.20. The summed E-state index contributed by atoms with van der Waals surface area (Å²) < 4.78 is 9.76. The average molecular weight is 358 g/mol. The summed E-state index contributed by atoms with van der Waals surface area (Å²) in [6.07, 6.45) is 0. The van der Waals surface area contributed by atoms with Crippen LogP contribution in [0.3, 0.4) is 0 Å². The predicted octanol–water partition coefficient (Wildman–Crippen LogP) is 2.85. The topological polar surface area (TPSA) is 107 Å². The highest BCUT2D eigenvalue weighted by molar-refractivity contribution is 7.17. The quantitative estimate of drug-likeness (QED) is 0.715. The summed E-state index contributed by atoms with van der Waals surface area (Å²) in [4.78, 5) is 32.6. The first-order chi connectivity index (χ1) is 12.0. The number of esters is 1. The molecule has 0 aliphatic rings. The molecule has 0 unspecified atom stereocenters. The predicted molar refractivity (Wildman–Crippen MR) is 90.6 cm³/mol. The monoisotopic (exact) mass is 358 g/mol. The van der Waals surface area contributed by atoms with Gasteiger partial charge in [0.05, 0.1) is 12.8 Å². The second-order valence-electron chi connectivity index (χ2n) is 5.10. The molecule has 0 saturated heterocycles. The zero-order valence-corrected chi connectivity index (χ0v) is 14.5. The van der Waals surface area contributed by atoms with Crippen molar-refractivity contribution < 1.29 is 18.8 Å². The van der Waals surface area contributed by atoms with Crippen LogP contribution < -0.4 is 5.32 Å². The number of rotatable bonds is 4. The first-order valence-electron chi connectivity index (χ1n) is 7.25. The van der Waals surface area contributed by atoms with Crippen molar-refractivity contribution in [2.24, 2.45) is 0 Å². The van der Waals surface area contributed by atoms with Crippen LogP contribution in [-0.2, 0) is 4.74 Å². The van der Waals surface area contributed by atoms with E-state index in [4.69, 9.17) is 4.52 Å². The van der Waals surface area contributed by atoms with Crippen LogP contribution in [0.4, 0.5) is 5.13 Å². The van der Waals surface area contributed by atoms with Gasteiger partial charge in [0.1, 0.15) is 4.88 Å². The number of carbonyl (C=O) groups excluding carboxylic acids is 2. The molecule has 1 amide bonds. The minimum absolute atomic E-state index is 0.333. The Hall–Kier alpha value is -3.07. The molecule has 0 spiro atoms. The van der Waals surface area contributed by atoms with Crippen LogP contribution >= 0.6 is 11.3 Å². The molecule has 0 bridgehead atoms. The van der Waals surface area contributed by atoms with Gasteiger partial charge in [-0.25, -0.2) is 9.78 Å². The van der Waals surface area contributed by atoms with E-state index < -0.39 is 5.97 Å². The SMILES string of the molecule is COC(=O)c1sc(NC(=O)c2ccc(-c3nc(C)no3)cc2)nc1C. The number of hydrogen-bond acceptors (Lipinski definition) is 8. The molecule has 0 saturated carbocycles. The highest BCUT2D eigenvalue weighted by Crippen LogP contribution is 2.24. The van der Waals surface area contributed by atoms with E-state index >= 15 is 0 Å². The molecule has 0 fully saturated rings. The van der Waals surface area contributed by atoms with E-state index in [0.717, 1.165) is 16.9 Å². The second-order valence-corrected chi connectivity index (χ2v) is 6.10.